The minimum atomic E-state index is -3.65. The molecule has 0 spiro atoms. The highest BCUT2D eigenvalue weighted by Gasteiger charge is 2.23. The van der Waals surface area contributed by atoms with Gasteiger partial charge in [0.2, 0.25) is 15.9 Å². The number of hydrogen-bond acceptors (Lipinski definition) is 4. The molecule has 0 atom stereocenters. The first-order chi connectivity index (χ1) is 9.05. The van der Waals surface area contributed by atoms with Crippen LogP contribution >= 0.6 is 0 Å². The summed E-state index contributed by atoms with van der Waals surface area (Å²) in [6, 6.07) is 4.71. The maximum absolute atomic E-state index is 12.3. The van der Waals surface area contributed by atoms with Gasteiger partial charge in [0.25, 0.3) is 0 Å². The molecular weight excluding hydrogens is 278 g/mol. The zero-order valence-electron chi connectivity index (χ0n) is 12.1. The van der Waals surface area contributed by atoms with Gasteiger partial charge in [0.1, 0.15) is 0 Å². The monoisotopic (exact) mass is 299 g/mol. The van der Waals surface area contributed by atoms with Crippen molar-refractivity contribution < 1.29 is 13.2 Å². The average Bonchev–Trinajstić information content (AvgIpc) is 2.28. The van der Waals surface area contributed by atoms with Crippen molar-refractivity contribution >= 4 is 21.6 Å². The van der Waals surface area contributed by atoms with Crippen molar-refractivity contribution in [1.82, 2.24) is 4.72 Å². The summed E-state index contributed by atoms with van der Waals surface area (Å²) in [5.74, 6) is -0.374. The number of aryl methyl sites for hydroxylation is 1. The summed E-state index contributed by atoms with van der Waals surface area (Å²) in [5.41, 5.74) is 5.64. The van der Waals surface area contributed by atoms with E-state index in [4.69, 9.17) is 5.73 Å². The fourth-order valence-electron chi connectivity index (χ4n) is 1.64. The Hall–Kier alpha value is -1.44. The summed E-state index contributed by atoms with van der Waals surface area (Å²) >= 11 is 0. The quantitative estimate of drug-likeness (QED) is 0.771. The van der Waals surface area contributed by atoms with Gasteiger partial charge in [-0.25, -0.2) is 13.1 Å². The molecule has 1 rings (SSSR count). The fourth-order valence-corrected chi connectivity index (χ4v) is 3.33. The number of carbonyl (C=O) groups excluding carboxylic acids is 1. The second-order valence-corrected chi connectivity index (χ2v) is 7.24. The van der Waals surface area contributed by atoms with Crippen LogP contribution in [0.15, 0.2) is 23.1 Å². The van der Waals surface area contributed by atoms with E-state index in [0.29, 0.717) is 11.3 Å². The van der Waals surface area contributed by atoms with E-state index in [-0.39, 0.29) is 17.3 Å². The molecule has 0 aromatic heterocycles. The average molecular weight is 299 g/mol. The number of hydrogen-bond donors (Lipinski definition) is 3. The molecule has 0 saturated heterocycles. The lowest BCUT2D eigenvalue weighted by Gasteiger charge is -2.21. The predicted octanol–water partition coefficient (Wildman–Crippen LogP) is 0.969. The van der Waals surface area contributed by atoms with E-state index in [1.807, 2.05) is 0 Å². The van der Waals surface area contributed by atoms with Gasteiger partial charge < -0.3 is 11.1 Å². The first-order valence-electron chi connectivity index (χ1n) is 6.20. The molecule has 0 aliphatic rings. The molecular formula is C13H21N3O3S. The number of nitrogens with two attached hydrogens (primary N) is 1. The van der Waals surface area contributed by atoms with Crippen LogP contribution in [0.25, 0.3) is 0 Å². The second-order valence-electron chi connectivity index (χ2n) is 5.59. The van der Waals surface area contributed by atoms with Crippen molar-refractivity contribution in [3.8, 4) is 0 Å². The summed E-state index contributed by atoms with van der Waals surface area (Å²) in [5, 5.41) is 2.54. The maximum Gasteiger partial charge on any atom is 0.241 e. The number of benzene rings is 1. The first-order valence-corrected chi connectivity index (χ1v) is 7.68. The molecule has 0 radical (unpaired) electrons. The van der Waals surface area contributed by atoms with Crippen LogP contribution in [-0.4, -0.2) is 26.4 Å². The molecule has 1 amide bonds. The molecule has 0 unspecified atom stereocenters. The Morgan fingerprint density at radius 1 is 1.30 bits per heavy atom. The van der Waals surface area contributed by atoms with Crippen LogP contribution in [0.2, 0.25) is 0 Å². The minimum absolute atomic E-state index is 0.141. The van der Waals surface area contributed by atoms with Gasteiger partial charge in [-0.2, -0.15) is 0 Å². The normalized spacial score (nSPS) is 12.2. The largest absolute Gasteiger partial charge is 0.325 e. The molecule has 0 saturated carbocycles. The second kappa shape index (κ2) is 5.90. The highest BCUT2D eigenvalue weighted by Crippen LogP contribution is 2.21. The fraction of sp³-hybridized carbons (Fsp3) is 0.462. The molecule has 1 aromatic rings. The van der Waals surface area contributed by atoms with Crippen molar-refractivity contribution in [2.45, 2.75) is 38.1 Å². The Morgan fingerprint density at radius 3 is 2.40 bits per heavy atom. The Bertz CT molecular complexity index is 604. The van der Waals surface area contributed by atoms with Crippen molar-refractivity contribution in [3.63, 3.8) is 0 Å². The predicted molar refractivity (Wildman–Crippen MR) is 78.9 cm³/mol. The van der Waals surface area contributed by atoms with Crippen LogP contribution in [0.1, 0.15) is 26.3 Å². The van der Waals surface area contributed by atoms with E-state index in [1.165, 1.54) is 6.07 Å². The number of sulfonamides is 1. The Balaban J connectivity index is 3.17. The highest BCUT2D eigenvalue weighted by atomic mass is 32.2. The van der Waals surface area contributed by atoms with Crippen LogP contribution in [0.5, 0.6) is 0 Å². The zero-order valence-corrected chi connectivity index (χ0v) is 13.0. The summed E-state index contributed by atoms with van der Waals surface area (Å²) in [6.07, 6.45) is 0. The van der Waals surface area contributed by atoms with Gasteiger partial charge in [0.15, 0.2) is 0 Å². The van der Waals surface area contributed by atoms with Gasteiger partial charge in [-0.1, -0.05) is 6.07 Å². The number of carbonyl (C=O) groups is 1. The van der Waals surface area contributed by atoms with Gasteiger partial charge in [-0.05, 0) is 45.4 Å². The van der Waals surface area contributed by atoms with Gasteiger partial charge in [-0.3, -0.25) is 4.79 Å². The van der Waals surface area contributed by atoms with Crippen molar-refractivity contribution in [1.29, 1.82) is 0 Å². The van der Waals surface area contributed by atoms with E-state index < -0.39 is 15.6 Å². The van der Waals surface area contributed by atoms with Crippen LogP contribution in [-0.2, 0) is 14.8 Å². The van der Waals surface area contributed by atoms with E-state index in [2.05, 4.69) is 10.0 Å². The molecule has 0 aliphatic heterocycles. The van der Waals surface area contributed by atoms with Crippen LogP contribution in [0.4, 0.5) is 5.69 Å². The van der Waals surface area contributed by atoms with E-state index in [9.17, 15) is 13.2 Å². The lowest BCUT2D eigenvalue weighted by molar-refractivity contribution is -0.114. The van der Waals surface area contributed by atoms with Gasteiger partial charge in [0.05, 0.1) is 11.4 Å². The molecule has 112 valence electrons. The lowest BCUT2D eigenvalue weighted by atomic mass is 10.1. The number of nitrogens with one attached hydrogen (secondary N) is 2. The van der Waals surface area contributed by atoms with E-state index in [1.54, 1.807) is 39.8 Å². The molecule has 4 N–H and O–H groups in total. The smallest absolute Gasteiger partial charge is 0.241 e. The number of rotatable bonds is 4. The summed E-state index contributed by atoms with van der Waals surface area (Å²) in [6.45, 7) is 6.84. The lowest BCUT2D eigenvalue weighted by Crippen LogP contribution is -2.40. The van der Waals surface area contributed by atoms with E-state index in [0.717, 1.165) is 0 Å². The van der Waals surface area contributed by atoms with Crippen molar-refractivity contribution in [2.24, 2.45) is 5.73 Å². The Kier molecular flexibility index (Phi) is 4.90. The minimum Gasteiger partial charge on any atom is -0.325 e. The molecule has 0 aliphatic carbocycles. The highest BCUT2D eigenvalue weighted by molar-refractivity contribution is 7.89. The van der Waals surface area contributed by atoms with Gasteiger partial charge in [0, 0.05) is 11.2 Å². The molecule has 6 nitrogen and oxygen atoms in total. The van der Waals surface area contributed by atoms with Crippen molar-refractivity contribution in [2.75, 3.05) is 11.9 Å². The molecule has 0 bridgehead atoms. The molecule has 0 fully saturated rings. The Labute approximate surface area is 119 Å². The zero-order chi connectivity index (χ0) is 15.6. The summed E-state index contributed by atoms with van der Waals surface area (Å²) in [4.78, 5) is 11.4. The maximum atomic E-state index is 12.3. The van der Waals surface area contributed by atoms with Crippen LogP contribution < -0.4 is 15.8 Å². The van der Waals surface area contributed by atoms with Crippen LogP contribution in [0, 0.1) is 6.92 Å². The van der Waals surface area contributed by atoms with Gasteiger partial charge >= 0.3 is 0 Å². The number of amides is 1. The third-order valence-corrected chi connectivity index (χ3v) is 4.29. The molecule has 0 heterocycles. The number of anilines is 1. The van der Waals surface area contributed by atoms with Crippen LogP contribution in [0.3, 0.4) is 0 Å². The summed E-state index contributed by atoms with van der Waals surface area (Å²) in [7, 11) is -3.65. The third kappa shape index (κ3) is 4.59. The van der Waals surface area contributed by atoms with Gasteiger partial charge in [-0.15, -0.1) is 0 Å². The van der Waals surface area contributed by atoms with E-state index >= 15 is 0 Å². The molecule has 20 heavy (non-hydrogen) atoms. The molecule has 1 aromatic carbocycles. The van der Waals surface area contributed by atoms with Crippen molar-refractivity contribution in [3.05, 3.63) is 23.8 Å². The SMILES string of the molecule is Cc1ccc(NC(=O)CN)cc1S(=O)(=O)NC(C)(C)C. The first kappa shape index (κ1) is 16.6. The summed E-state index contributed by atoms with van der Waals surface area (Å²) < 4.78 is 27.2. The standard InChI is InChI=1S/C13H21N3O3S/c1-9-5-6-10(15-12(17)8-14)7-11(9)20(18,19)16-13(2,3)4/h5-7,16H,8,14H2,1-4H3,(H,15,17). The molecule has 7 heteroatoms. The third-order valence-electron chi connectivity index (χ3n) is 2.39. The Morgan fingerprint density at radius 2 is 1.90 bits per heavy atom. The topological polar surface area (TPSA) is 101 Å².